The number of rotatable bonds is 7. The number of hydrogen-bond donors (Lipinski definition) is 1. The molecule has 0 radical (unpaired) electrons. The van der Waals surface area contributed by atoms with Gasteiger partial charge in [0.1, 0.15) is 0 Å². The lowest BCUT2D eigenvalue weighted by Gasteiger charge is -2.14. The van der Waals surface area contributed by atoms with E-state index < -0.39 is 0 Å². The fourth-order valence-electron chi connectivity index (χ4n) is 1.84. The normalized spacial score (nSPS) is 13.3. The van der Waals surface area contributed by atoms with Gasteiger partial charge in [-0.25, -0.2) is 0 Å². The number of nitrogens with two attached hydrogens (primary N) is 1. The number of aromatic nitrogens is 2. The first-order valence-electron chi connectivity index (χ1n) is 6.60. The average molecular weight is 334 g/mol. The van der Waals surface area contributed by atoms with Gasteiger partial charge in [-0.05, 0) is 34.5 Å². The predicted octanol–water partition coefficient (Wildman–Crippen LogP) is 3.24. The number of nitrogens with zero attached hydrogens (tertiary/aromatic N) is 2. The van der Waals surface area contributed by atoms with Gasteiger partial charge >= 0.3 is 0 Å². The summed E-state index contributed by atoms with van der Waals surface area (Å²) in [5, 5.41) is 5.24. The third kappa shape index (κ3) is 4.28. The standard InChI is InChI=1S/C13H24BrN3S/c1-5-11-13(14)12(17(6-2)16-11)7-10(15)8-18-9(3)4/h9-10H,5-8,15H2,1-4H3. The summed E-state index contributed by atoms with van der Waals surface area (Å²) in [6.07, 6.45) is 1.84. The van der Waals surface area contributed by atoms with Gasteiger partial charge in [0.25, 0.3) is 0 Å². The molecular formula is C13H24BrN3S. The van der Waals surface area contributed by atoms with Gasteiger partial charge in [-0.2, -0.15) is 16.9 Å². The molecule has 1 heterocycles. The molecule has 0 aliphatic rings. The SMILES string of the molecule is CCc1nn(CC)c(CC(N)CSC(C)C)c1Br. The molecule has 0 aliphatic carbocycles. The zero-order valence-corrected chi connectivity index (χ0v) is 14.1. The van der Waals surface area contributed by atoms with Gasteiger partial charge in [-0.15, -0.1) is 0 Å². The Bertz CT molecular complexity index is 377. The third-order valence-corrected chi connectivity index (χ3v) is 5.00. The van der Waals surface area contributed by atoms with Crippen LogP contribution in [-0.2, 0) is 19.4 Å². The Labute approximate surface area is 123 Å². The van der Waals surface area contributed by atoms with Crippen LogP contribution in [-0.4, -0.2) is 26.8 Å². The van der Waals surface area contributed by atoms with Crippen LogP contribution in [0, 0.1) is 0 Å². The number of halogens is 1. The van der Waals surface area contributed by atoms with Crippen molar-refractivity contribution < 1.29 is 0 Å². The van der Waals surface area contributed by atoms with Crippen molar-refractivity contribution in [3.05, 3.63) is 15.9 Å². The smallest absolute Gasteiger partial charge is 0.0766 e. The molecule has 0 aromatic carbocycles. The monoisotopic (exact) mass is 333 g/mol. The molecule has 0 fully saturated rings. The molecule has 1 rings (SSSR count). The van der Waals surface area contributed by atoms with Gasteiger partial charge in [0.2, 0.25) is 0 Å². The molecular weight excluding hydrogens is 310 g/mol. The Morgan fingerprint density at radius 1 is 1.39 bits per heavy atom. The molecule has 0 amide bonds. The lowest BCUT2D eigenvalue weighted by atomic mass is 10.2. The summed E-state index contributed by atoms with van der Waals surface area (Å²) in [6.45, 7) is 9.57. The van der Waals surface area contributed by atoms with Crippen LogP contribution in [0.4, 0.5) is 0 Å². The lowest BCUT2D eigenvalue weighted by molar-refractivity contribution is 0.591. The van der Waals surface area contributed by atoms with Crippen molar-refractivity contribution >= 4 is 27.7 Å². The molecule has 0 bridgehead atoms. The van der Waals surface area contributed by atoms with Crippen LogP contribution in [0.3, 0.4) is 0 Å². The second-order valence-corrected chi connectivity index (χ2v) is 7.13. The summed E-state index contributed by atoms with van der Waals surface area (Å²) in [6, 6.07) is 0.195. The summed E-state index contributed by atoms with van der Waals surface area (Å²) in [4.78, 5) is 0. The van der Waals surface area contributed by atoms with Gasteiger partial charge in [0.05, 0.1) is 15.9 Å². The molecule has 104 valence electrons. The molecule has 0 saturated heterocycles. The van der Waals surface area contributed by atoms with Crippen molar-refractivity contribution in [1.29, 1.82) is 0 Å². The first kappa shape index (κ1) is 16.1. The fourth-order valence-corrected chi connectivity index (χ4v) is 3.31. The first-order chi connectivity index (χ1) is 8.49. The van der Waals surface area contributed by atoms with Crippen molar-refractivity contribution in [3.8, 4) is 0 Å². The molecule has 5 heteroatoms. The van der Waals surface area contributed by atoms with E-state index >= 15 is 0 Å². The van der Waals surface area contributed by atoms with Gasteiger partial charge in [-0.1, -0.05) is 20.8 Å². The number of thioether (sulfide) groups is 1. The van der Waals surface area contributed by atoms with Gasteiger partial charge in [0, 0.05) is 24.8 Å². The van der Waals surface area contributed by atoms with Crippen LogP contribution >= 0.6 is 27.7 Å². The molecule has 18 heavy (non-hydrogen) atoms. The van der Waals surface area contributed by atoms with Gasteiger partial charge in [-0.3, -0.25) is 4.68 Å². The third-order valence-electron chi connectivity index (χ3n) is 2.79. The van der Waals surface area contributed by atoms with Crippen molar-refractivity contribution in [2.75, 3.05) is 5.75 Å². The summed E-state index contributed by atoms with van der Waals surface area (Å²) >= 11 is 5.59. The topological polar surface area (TPSA) is 43.8 Å². The predicted molar refractivity (Wildman–Crippen MR) is 84.3 cm³/mol. The van der Waals surface area contributed by atoms with Crippen molar-refractivity contribution in [2.45, 2.75) is 58.4 Å². The van der Waals surface area contributed by atoms with Crippen LogP contribution in [0.25, 0.3) is 0 Å². The minimum absolute atomic E-state index is 0.195. The van der Waals surface area contributed by atoms with E-state index in [1.165, 1.54) is 5.69 Å². The van der Waals surface area contributed by atoms with Gasteiger partial charge in [0.15, 0.2) is 0 Å². The van der Waals surface area contributed by atoms with E-state index in [1.807, 2.05) is 11.8 Å². The molecule has 1 atom stereocenters. The highest BCUT2D eigenvalue weighted by molar-refractivity contribution is 9.10. The summed E-state index contributed by atoms with van der Waals surface area (Å²) in [7, 11) is 0. The maximum atomic E-state index is 6.21. The zero-order valence-electron chi connectivity index (χ0n) is 11.7. The highest BCUT2D eigenvalue weighted by Crippen LogP contribution is 2.24. The van der Waals surface area contributed by atoms with E-state index in [0.29, 0.717) is 5.25 Å². The molecule has 0 aliphatic heterocycles. The van der Waals surface area contributed by atoms with E-state index in [1.54, 1.807) is 0 Å². The van der Waals surface area contributed by atoms with E-state index in [2.05, 4.69) is 53.4 Å². The second kappa shape index (κ2) is 7.56. The Balaban J connectivity index is 2.73. The maximum absolute atomic E-state index is 6.21. The van der Waals surface area contributed by atoms with Crippen LogP contribution in [0.5, 0.6) is 0 Å². The Kier molecular flexibility index (Phi) is 6.74. The average Bonchev–Trinajstić information content (AvgIpc) is 2.63. The van der Waals surface area contributed by atoms with Crippen LogP contribution < -0.4 is 5.73 Å². The summed E-state index contributed by atoms with van der Waals surface area (Å²) in [5.74, 6) is 1.00. The molecule has 1 aromatic heterocycles. The molecule has 1 unspecified atom stereocenters. The van der Waals surface area contributed by atoms with Crippen LogP contribution in [0.15, 0.2) is 4.47 Å². The summed E-state index contributed by atoms with van der Waals surface area (Å²) < 4.78 is 3.22. The Hall–Kier alpha value is -0.000000000000000111. The van der Waals surface area contributed by atoms with Crippen molar-refractivity contribution in [3.63, 3.8) is 0 Å². The van der Waals surface area contributed by atoms with Gasteiger partial charge < -0.3 is 5.73 Å². The van der Waals surface area contributed by atoms with Crippen molar-refractivity contribution in [1.82, 2.24) is 9.78 Å². The van der Waals surface area contributed by atoms with E-state index in [0.717, 1.165) is 35.3 Å². The Morgan fingerprint density at radius 3 is 2.56 bits per heavy atom. The highest BCUT2D eigenvalue weighted by atomic mass is 79.9. The Morgan fingerprint density at radius 2 is 2.06 bits per heavy atom. The summed E-state index contributed by atoms with van der Waals surface area (Å²) in [5.41, 5.74) is 8.59. The zero-order chi connectivity index (χ0) is 13.7. The van der Waals surface area contributed by atoms with Crippen LogP contribution in [0.2, 0.25) is 0 Å². The minimum atomic E-state index is 0.195. The fraction of sp³-hybridized carbons (Fsp3) is 0.769. The second-order valence-electron chi connectivity index (χ2n) is 4.72. The highest BCUT2D eigenvalue weighted by Gasteiger charge is 2.16. The molecule has 0 spiro atoms. The molecule has 1 aromatic rings. The molecule has 2 N–H and O–H groups in total. The largest absolute Gasteiger partial charge is 0.327 e. The number of hydrogen-bond acceptors (Lipinski definition) is 3. The minimum Gasteiger partial charge on any atom is -0.327 e. The number of aryl methyl sites for hydroxylation is 2. The molecule has 0 saturated carbocycles. The molecule has 3 nitrogen and oxygen atoms in total. The first-order valence-corrected chi connectivity index (χ1v) is 8.44. The lowest BCUT2D eigenvalue weighted by Crippen LogP contribution is -2.27. The van der Waals surface area contributed by atoms with Crippen LogP contribution in [0.1, 0.15) is 39.1 Å². The van der Waals surface area contributed by atoms with Crippen molar-refractivity contribution in [2.24, 2.45) is 5.73 Å². The maximum Gasteiger partial charge on any atom is 0.0766 e. The van der Waals surface area contributed by atoms with E-state index in [4.69, 9.17) is 5.73 Å². The quantitative estimate of drug-likeness (QED) is 0.832. The van der Waals surface area contributed by atoms with E-state index in [9.17, 15) is 0 Å². The van der Waals surface area contributed by atoms with E-state index in [-0.39, 0.29) is 6.04 Å².